The molecule has 141 heavy (non-hydrogen) atoms. The van der Waals surface area contributed by atoms with Crippen molar-refractivity contribution in [3.05, 3.63) is 446 Å². The molecule has 8 saturated carbocycles. The predicted octanol–water partition coefficient (Wildman–Crippen LogP) is 35.6. The van der Waals surface area contributed by atoms with Crippen molar-refractivity contribution < 1.29 is 0 Å². The quantitative estimate of drug-likeness (QED) is 0.144. The first-order valence-corrected chi connectivity index (χ1v) is 52.0. The average molecular weight is 1800 g/mol. The lowest BCUT2D eigenvalue weighted by Crippen LogP contribution is -2.55. The van der Waals surface area contributed by atoms with E-state index in [9.17, 15) is 0 Å². The van der Waals surface area contributed by atoms with Gasteiger partial charge in [0.25, 0.3) is 0 Å². The SMILES string of the molecule is CC1(C)c2ccccc2-c2ccc(-n3c4ccccc4c4ccc(-c5ccc6c7ccccc7n(-c7cccc8c(-c9ccc%10c(c9)C9(c%11ccccc%11-%10)C%10CC%11CC(C%10)CC9C%11)cccc78)c6c5)cc43)cc21.c1ccc2c(c1)-c1ccc(-c3ccc4cc(-n5c6ccccc6c6ccc(-c7ccc8c9ccccc9n(-c9ccc%10ccccc%10c9)c8c7)cc65)ccc4c3)cc1C21C2CC3CC(C2)CC1C3. The second-order valence-corrected chi connectivity index (χ2v) is 44.2. The van der Waals surface area contributed by atoms with Crippen LogP contribution in [0, 0.1) is 47.3 Å². The van der Waals surface area contributed by atoms with Crippen LogP contribution in [0.3, 0.4) is 0 Å². The summed E-state index contributed by atoms with van der Waals surface area (Å²) >= 11 is 0. The molecule has 0 aliphatic heterocycles. The summed E-state index contributed by atoms with van der Waals surface area (Å²) in [5.74, 6) is 6.73. The van der Waals surface area contributed by atoms with Crippen LogP contribution in [0.5, 0.6) is 0 Å². The molecule has 4 heterocycles. The second-order valence-electron chi connectivity index (χ2n) is 44.2. The Bertz CT molecular complexity index is 9540. The summed E-state index contributed by atoms with van der Waals surface area (Å²) in [6.07, 6.45) is 14.2. The summed E-state index contributed by atoms with van der Waals surface area (Å²) in [6.45, 7) is 4.75. The third-order valence-electron chi connectivity index (χ3n) is 37.2. The molecular formula is C137H102N4. The molecule has 11 aliphatic rings. The summed E-state index contributed by atoms with van der Waals surface area (Å²) in [4.78, 5) is 0. The second kappa shape index (κ2) is 29.3. The normalized spacial score (nSPS) is 21.5. The highest BCUT2D eigenvalue weighted by Crippen LogP contribution is 2.72. The van der Waals surface area contributed by atoms with Crippen LogP contribution in [0.1, 0.15) is 111 Å². The van der Waals surface area contributed by atoms with Crippen molar-refractivity contribution in [2.75, 3.05) is 0 Å². The van der Waals surface area contributed by atoms with Gasteiger partial charge < -0.3 is 18.3 Å². The minimum atomic E-state index is -0.0857. The number of hydrogen-bond acceptors (Lipinski definition) is 0. The van der Waals surface area contributed by atoms with Crippen LogP contribution in [0.25, 0.3) is 220 Å². The van der Waals surface area contributed by atoms with E-state index in [1.165, 1.54) is 296 Å². The van der Waals surface area contributed by atoms with Crippen LogP contribution in [-0.4, -0.2) is 18.3 Å². The lowest BCUT2D eigenvalue weighted by atomic mass is 9.43. The third-order valence-corrected chi connectivity index (χ3v) is 37.2. The van der Waals surface area contributed by atoms with Crippen LogP contribution < -0.4 is 0 Å². The lowest BCUT2D eigenvalue weighted by molar-refractivity contribution is -0.0399. The van der Waals surface area contributed by atoms with Gasteiger partial charge >= 0.3 is 0 Å². The molecular weight excluding hydrogens is 1700 g/mol. The first-order chi connectivity index (χ1) is 69.5. The highest BCUT2D eigenvalue weighted by molar-refractivity contribution is 6.16. The zero-order valence-electron chi connectivity index (χ0n) is 79.2. The Morgan fingerprint density at radius 3 is 0.993 bits per heavy atom. The van der Waals surface area contributed by atoms with Gasteiger partial charge in [0.05, 0.1) is 49.8 Å². The number of fused-ring (bicyclic) bond motifs is 24. The minimum Gasteiger partial charge on any atom is -0.309 e. The smallest absolute Gasteiger partial charge is 0.0547 e. The van der Waals surface area contributed by atoms with Crippen molar-refractivity contribution in [2.24, 2.45) is 47.3 Å². The fourth-order valence-corrected chi connectivity index (χ4v) is 31.8. The zero-order valence-corrected chi connectivity index (χ0v) is 79.2. The van der Waals surface area contributed by atoms with Crippen LogP contribution in [0.15, 0.2) is 413 Å². The fourth-order valence-electron chi connectivity index (χ4n) is 31.8. The van der Waals surface area contributed by atoms with E-state index in [1.807, 2.05) is 0 Å². The standard InChI is InChI=1S/C71H54N2.C66H48N2/c1-70(2)61-20-7-3-13-52(61)54-32-28-49(41-63(54)70)72-65-22-9-5-15-57(65)59-30-25-44(39-68(59)72)45-26-31-60-58-16-6-10-23-66(58)73(69(60)40-45)67-24-12-18-51-50(17-11-19-56(51)67)46-27-29-55-53-14-4-8-21-62(53)71(64(55)38-46)47-34-42-33-43(36-47)37-48(71)35-42;1-2-10-43-35-52(24-19-42(43)9-1)67-62-15-7-4-12-56(62)58-27-22-48(38-64(58)67)49-23-28-59-57-13-5-8-16-63(57)68(65(59)39-49)53-25-20-45-34-44(17-18-46(45)36-53)47-21-26-55-54-11-3-6-14-60(54)66(61(55)37-47)50-30-40-29-41(32-50)33-51(66)31-40/h3-32,38-43,47-48H,33-37H2,1-2H3;1-28,34-41,50-51H,29-33H2. The van der Waals surface area contributed by atoms with Crippen LogP contribution in [0.4, 0.5) is 0 Å². The molecule has 24 aromatic rings. The summed E-state index contributed by atoms with van der Waals surface area (Å²) in [5, 5.41) is 17.8. The van der Waals surface area contributed by atoms with Gasteiger partial charge in [0.1, 0.15) is 0 Å². The van der Waals surface area contributed by atoms with Gasteiger partial charge in [0.2, 0.25) is 0 Å². The van der Waals surface area contributed by atoms with Gasteiger partial charge in [-0.1, -0.05) is 317 Å². The Hall–Kier alpha value is -15.6. The largest absolute Gasteiger partial charge is 0.309 e. The molecule has 0 saturated heterocycles. The van der Waals surface area contributed by atoms with E-state index in [0.717, 1.165) is 47.3 Å². The van der Waals surface area contributed by atoms with E-state index < -0.39 is 0 Å². The van der Waals surface area contributed by atoms with E-state index in [4.69, 9.17) is 0 Å². The molecule has 11 aliphatic carbocycles. The van der Waals surface area contributed by atoms with Crippen LogP contribution in [0.2, 0.25) is 0 Å². The van der Waals surface area contributed by atoms with Crippen molar-refractivity contribution in [3.8, 4) is 101 Å². The molecule has 0 atom stereocenters. The Morgan fingerprint density at radius 2 is 0.482 bits per heavy atom. The Balaban J connectivity index is 0.000000127. The maximum Gasteiger partial charge on any atom is 0.0547 e. The van der Waals surface area contributed by atoms with Crippen LogP contribution in [-0.2, 0) is 16.2 Å². The molecule has 35 rings (SSSR count). The third kappa shape index (κ3) is 11.1. The predicted molar refractivity (Wildman–Crippen MR) is 589 cm³/mol. The molecule has 670 valence electrons. The molecule has 20 aromatic carbocycles. The Morgan fingerprint density at radius 1 is 0.177 bits per heavy atom. The molecule has 8 bridgehead atoms. The van der Waals surface area contributed by atoms with E-state index in [1.54, 1.807) is 22.3 Å². The Labute approximate surface area is 820 Å². The van der Waals surface area contributed by atoms with Gasteiger partial charge in [-0.05, 0) is 359 Å². The number of hydrogen-bond donors (Lipinski definition) is 0. The van der Waals surface area contributed by atoms with Crippen molar-refractivity contribution >= 4 is 120 Å². The van der Waals surface area contributed by atoms with Crippen LogP contribution >= 0.6 is 0 Å². The molecule has 2 spiro atoms. The summed E-state index contributed by atoms with van der Waals surface area (Å²) in [6, 6.07) is 158. The van der Waals surface area contributed by atoms with Gasteiger partial charge in [-0.3, -0.25) is 0 Å². The molecule has 8 fully saturated rings. The molecule has 4 aromatic heterocycles. The minimum absolute atomic E-state index is 0.0857. The number of aromatic nitrogens is 4. The van der Waals surface area contributed by atoms with Gasteiger partial charge in [0, 0.05) is 81.8 Å². The summed E-state index contributed by atoms with van der Waals surface area (Å²) in [5.41, 5.74) is 42.8. The van der Waals surface area contributed by atoms with E-state index in [-0.39, 0.29) is 16.2 Å². The van der Waals surface area contributed by atoms with Crippen molar-refractivity contribution in [3.63, 3.8) is 0 Å². The maximum absolute atomic E-state index is 2.66. The number of benzene rings is 20. The maximum atomic E-state index is 2.66. The monoisotopic (exact) mass is 1800 g/mol. The van der Waals surface area contributed by atoms with E-state index in [0.29, 0.717) is 0 Å². The Kier molecular flexibility index (Phi) is 16.5. The lowest BCUT2D eigenvalue weighted by Gasteiger charge is -2.61. The van der Waals surface area contributed by atoms with E-state index in [2.05, 4.69) is 445 Å². The fraction of sp³-hybridized carbons (Fsp3) is 0.168. The molecule has 4 heteroatoms. The van der Waals surface area contributed by atoms with Crippen molar-refractivity contribution in [2.45, 2.75) is 94.3 Å². The summed E-state index contributed by atoms with van der Waals surface area (Å²) in [7, 11) is 0. The van der Waals surface area contributed by atoms with E-state index >= 15 is 0 Å². The van der Waals surface area contributed by atoms with Gasteiger partial charge in [-0.15, -0.1) is 0 Å². The first-order valence-electron chi connectivity index (χ1n) is 52.0. The zero-order chi connectivity index (χ0) is 92.1. The molecule has 0 amide bonds. The highest BCUT2D eigenvalue weighted by Gasteiger charge is 2.63. The molecule has 0 unspecified atom stereocenters. The van der Waals surface area contributed by atoms with Gasteiger partial charge in [-0.2, -0.15) is 0 Å². The topological polar surface area (TPSA) is 19.7 Å². The highest BCUT2D eigenvalue weighted by atomic mass is 15.0. The molecule has 0 N–H and O–H groups in total. The average Bonchev–Trinajstić information content (AvgIpc) is 1.53. The summed E-state index contributed by atoms with van der Waals surface area (Å²) < 4.78 is 9.97. The first kappa shape index (κ1) is 79.3. The molecule has 4 nitrogen and oxygen atoms in total. The number of nitrogens with zero attached hydrogens (tertiary/aromatic N) is 4. The number of rotatable bonds is 8. The van der Waals surface area contributed by atoms with Gasteiger partial charge in [-0.25, -0.2) is 0 Å². The molecule has 0 radical (unpaired) electrons. The van der Waals surface area contributed by atoms with Gasteiger partial charge in [0.15, 0.2) is 0 Å². The number of para-hydroxylation sites is 4. The van der Waals surface area contributed by atoms with Crippen molar-refractivity contribution in [1.82, 2.24) is 18.3 Å². The van der Waals surface area contributed by atoms with Crippen molar-refractivity contribution in [1.29, 1.82) is 0 Å².